The zero-order valence-corrected chi connectivity index (χ0v) is 12.8. The van der Waals surface area contributed by atoms with Crippen LogP contribution >= 0.6 is 0 Å². The second kappa shape index (κ2) is 6.41. The van der Waals surface area contributed by atoms with E-state index in [0.717, 1.165) is 12.2 Å². The van der Waals surface area contributed by atoms with Gasteiger partial charge in [-0.2, -0.15) is 0 Å². The Balaban J connectivity index is 2.34. The number of hydrogen-bond donors (Lipinski definition) is 2. The van der Waals surface area contributed by atoms with Gasteiger partial charge in [0.2, 0.25) is 0 Å². The fourth-order valence-electron chi connectivity index (χ4n) is 2.79. The molecule has 0 amide bonds. The van der Waals surface area contributed by atoms with Crippen molar-refractivity contribution in [2.75, 3.05) is 32.1 Å². The summed E-state index contributed by atoms with van der Waals surface area (Å²) in [5.41, 5.74) is 1.01. The van der Waals surface area contributed by atoms with E-state index in [-0.39, 0.29) is 11.6 Å². The minimum Gasteiger partial charge on any atom is -0.478 e. The molecule has 0 bridgehead atoms. The summed E-state index contributed by atoms with van der Waals surface area (Å²) in [7, 11) is 3.98. The molecule has 6 nitrogen and oxygen atoms in total. The molecular weight excluding hydrogens is 270 g/mol. The lowest BCUT2D eigenvalue weighted by Gasteiger charge is -2.28. The SMILES string of the molecule is CCc1cc(C(=O)O)cc(N2CC(O)CC2CN(C)C)n1. The first-order valence-corrected chi connectivity index (χ1v) is 7.24. The predicted octanol–water partition coefficient (Wildman–Crippen LogP) is 0.843. The molecule has 0 radical (unpaired) electrons. The van der Waals surface area contributed by atoms with E-state index in [0.29, 0.717) is 25.2 Å². The summed E-state index contributed by atoms with van der Waals surface area (Å²) < 4.78 is 0. The average molecular weight is 293 g/mol. The number of aryl methyl sites for hydroxylation is 1. The zero-order chi connectivity index (χ0) is 15.6. The Hall–Kier alpha value is -1.66. The van der Waals surface area contributed by atoms with Crippen molar-refractivity contribution in [3.63, 3.8) is 0 Å². The molecule has 0 aliphatic carbocycles. The molecular formula is C15H23N3O3. The number of aromatic nitrogens is 1. The van der Waals surface area contributed by atoms with Gasteiger partial charge in [-0.3, -0.25) is 0 Å². The number of carbonyl (C=O) groups is 1. The summed E-state index contributed by atoms with van der Waals surface area (Å²) in [5, 5.41) is 19.2. The smallest absolute Gasteiger partial charge is 0.335 e. The summed E-state index contributed by atoms with van der Waals surface area (Å²) in [6.07, 6.45) is 0.969. The molecule has 2 unspecified atom stereocenters. The largest absolute Gasteiger partial charge is 0.478 e. The van der Waals surface area contributed by atoms with E-state index in [1.165, 1.54) is 0 Å². The highest BCUT2D eigenvalue weighted by molar-refractivity contribution is 5.88. The molecule has 21 heavy (non-hydrogen) atoms. The van der Waals surface area contributed by atoms with Crippen LogP contribution in [0.5, 0.6) is 0 Å². The highest BCUT2D eigenvalue weighted by Gasteiger charge is 2.32. The summed E-state index contributed by atoms with van der Waals surface area (Å²) in [6.45, 7) is 3.25. The average Bonchev–Trinajstić information content (AvgIpc) is 2.78. The number of nitrogens with zero attached hydrogens (tertiary/aromatic N) is 3. The number of hydrogen-bond acceptors (Lipinski definition) is 5. The van der Waals surface area contributed by atoms with Crippen molar-refractivity contribution < 1.29 is 15.0 Å². The highest BCUT2D eigenvalue weighted by Crippen LogP contribution is 2.26. The van der Waals surface area contributed by atoms with Crippen LogP contribution in [0, 0.1) is 0 Å². The number of anilines is 1. The second-order valence-electron chi connectivity index (χ2n) is 5.82. The number of carboxylic acid groups (broad SMARTS) is 1. The minimum atomic E-state index is -0.947. The maximum absolute atomic E-state index is 11.3. The third-order valence-corrected chi connectivity index (χ3v) is 3.74. The van der Waals surface area contributed by atoms with E-state index in [4.69, 9.17) is 0 Å². The Morgan fingerprint density at radius 2 is 2.19 bits per heavy atom. The fourth-order valence-corrected chi connectivity index (χ4v) is 2.79. The summed E-state index contributed by atoms with van der Waals surface area (Å²) in [4.78, 5) is 19.9. The third kappa shape index (κ3) is 3.71. The van der Waals surface area contributed by atoms with Gasteiger partial charge in [0.05, 0.1) is 11.7 Å². The number of likely N-dealkylation sites (N-methyl/N-ethyl adjacent to an activating group) is 1. The van der Waals surface area contributed by atoms with Crippen LogP contribution in [0.1, 0.15) is 29.4 Å². The van der Waals surface area contributed by atoms with Gasteiger partial charge in [-0.05, 0) is 39.1 Å². The van der Waals surface area contributed by atoms with E-state index < -0.39 is 12.1 Å². The first-order chi connectivity index (χ1) is 9.90. The Bertz CT molecular complexity index is 519. The molecule has 2 atom stereocenters. The maximum Gasteiger partial charge on any atom is 0.335 e. The van der Waals surface area contributed by atoms with Crippen molar-refractivity contribution in [1.82, 2.24) is 9.88 Å². The van der Waals surface area contributed by atoms with Crippen molar-refractivity contribution in [1.29, 1.82) is 0 Å². The molecule has 1 aliphatic heterocycles. The number of aliphatic hydroxyl groups excluding tert-OH is 1. The van der Waals surface area contributed by atoms with Gasteiger partial charge in [0.15, 0.2) is 0 Å². The van der Waals surface area contributed by atoms with Crippen molar-refractivity contribution in [2.45, 2.75) is 31.9 Å². The van der Waals surface area contributed by atoms with Crippen LogP contribution in [0.4, 0.5) is 5.82 Å². The molecule has 1 saturated heterocycles. The molecule has 2 rings (SSSR count). The van der Waals surface area contributed by atoms with Gasteiger partial charge in [0.1, 0.15) is 5.82 Å². The van der Waals surface area contributed by atoms with Gasteiger partial charge < -0.3 is 20.0 Å². The van der Waals surface area contributed by atoms with Crippen LogP contribution in [0.15, 0.2) is 12.1 Å². The molecule has 0 saturated carbocycles. The highest BCUT2D eigenvalue weighted by atomic mass is 16.4. The summed E-state index contributed by atoms with van der Waals surface area (Å²) in [5.74, 6) is -0.299. The molecule has 1 fully saturated rings. The van der Waals surface area contributed by atoms with Crippen LogP contribution in [0.3, 0.4) is 0 Å². The van der Waals surface area contributed by atoms with E-state index in [9.17, 15) is 15.0 Å². The molecule has 2 heterocycles. The fraction of sp³-hybridized carbons (Fsp3) is 0.600. The first-order valence-electron chi connectivity index (χ1n) is 7.24. The van der Waals surface area contributed by atoms with Crippen LogP contribution in [-0.4, -0.2) is 65.4 Å². The molecule has 6 heteroatoms. The molecule has 2 N–H and O–H groups in total. The number of rotatable bonds is 5. The number of β-amino-alcohol motifs (C(OH)–C–C–N with tert-alkyl or cyclic N) is 1. The van der Waals surface area contributed by atoms with E-state index in [1.807, 2.05) is 25.9 Å². The molecule has 1 aromatic heterocycles. The molecule has 1 aliphatic rings. The summed E-state index contributed by atoms with van der Waals surface area (Å²) >= 11 is 0. The normalized spacial score (nSPS) is 22.0. The Kier molecular flexibility index (Phi) is 4.80. The number of aromatic carboxylic acids is 1. The molecule has 0 aromatic carbocycles. The molecule has 116 valence electrons. The lowest BCUT2D eigenvalue weighted by Crippen LogP contribution is -2.38. The topological polar surface area (TPSA) is 76.9 Å². The van der Waals surface area contributed by atoms with Crippen LogP contribution in [0.2, 0.25) is 0 Å². The lowest BCUT2D eigenvalue weighted by atomic mass is 10.1. The van der Waals surface area contributed by atoms with Gasteiger partial charge in [-0.15, -0.1) is 0 Å². The van der Waals surface area contributed by atoms with Gasteiger partial charge in [0.25, 0.3) is 0 Å². The number of aliphatic hydroxyl groups is 1. The van der Waals surface area contributed by atoms with Crippen molar-refractivity contribution >= 4 is 11.8 Å². The molecule has 1 aromatic rings. The predicted molar refractivity (Wildman–Crippen MR) is 80.9 cm³/mol. The quantitative estimate of drug-likeness (QED) is 0.838. The second-order valence-corrected chi connectivity index (χ2v) is 5.82. The van der Waals surface area contributed by atoms with Gasteiger partial charge in [-0.1, -0.05) is 6.92 Å². The number of pyridine rings is 1. The first kappa shape index (κ1) is 15.7. The lowest BCUT2D eigenvalue weighted by molar-refractivity contribution is 0.0696. The van der Waals surface area contributed by atoms with E-state index >= 15 is 0 Å². The van der Waals surface area contributed by atoms with Crippen LogP contribution in [-0.2, 0) is 6.42 Å². The van der Waals surface area contributed by atoms with Crippen molar-refractivity contribution in [2.24, 2.45) is 0 Å². The van der Waals surface area contributed by atoms with Crippen LogP contribution in [0.25, 0.3) is 0 Å². The van der Waals surface area contributed by atoms with E-state index in [2.05, 4.69) is 9.88 Å². The zero-order valence-electron chi connectivity index (χ0n) is 12.8. The van der Waals surface area contributed by atoms with Crippen LogP contribution < -0.4 is 4.90 Å². The third-order valence-electron chi connectivity index (χ3n) is 3.74. The van der Waals surface area contributed by atoms with Crippen molar-refractivity contribution in [3.05, 3.63) is 23.4 Å². The standard InChI is InChI=1S/C15H23N3O3/c1-4-11-5-10(15(20)21)6-14(16-11)18-9-13(19)7-12(18)8-17(2)3/h5-6,12-13,19H,4,7-9H2,1-3H3,(H,20,21). The van der Waals surface area contributed by atoms with Gasteiger partial charge in [-0.25, -0.2) is 9.78 Å². The van der Waals surface area contributed by atoms with Gasteiger partial charge >= 0.3 is 5.97 Å². The Morgan fingerprint density at radius 3 is 2.76 bits per heavy atom. The van der Waals surface area contributed by atoms with E-state index in [1.54, 1.807) is 12.1 Å². The molecule has 0 spiro atoms. The Labute approximate surface area is 125 Å². The monoisotopic (exact) mass is 293 g/mol. The Morgan fingerprint density at radius 1 is 1.48 bits per heavy atom. The summed E-state index contributed by atoms with van der Waals surface area (Å²) in [6, 6.07) is 3.36. The number of carboxylic acids is 1. The maximum atomic E-state index is 11.3. The van der Waals surface area contributed by atoms with Gasteiger partial charge in [0, 0.05) is 24.8 Å². The van der Waals surface area contributed by atoms with Crippen molar-refractivity contribution in [3.8, 4) is 0 Å². The minimum absolute atomic E-state index is 0.149.